The average Bonchev–Trinajstić information content (AvgIpc) is 2.55. The number of ketones is 1. The molecule has 24 heavy (non-hydrogen) atoms. The number of nitrogens with zero attached hydrogens (tertiary/aromatic N) is 4. The van der Waals surface area contributed by atoms with Gasteiger partial charge in [0.15, 0.2) is 11.6 Å². The summed E-state index contributed by atoms with van der Waals surface area (Å²) < 4.78 is 13.7. The molecule has 126 valence electrons. The molecule has 2 aromatic heterocycles. The summed E-state index contributed by atoms with van der Waals surface area (Å²) in [5.41, 5.74) is 6.07. The number of aromatic nitrogens is 4. The maximum atomic E-state index is 13.7. The van der Waals surface area contributed by atoms with E-state index >= 15 is 0 Å². The molecule has 1 aliphatic rings. The van der Waals surface area contributed by atoms with Gasteiger partial charge in [-0.15, -0.1) is 0 Å². The lowest BCUT2D eigenvalue weighted by Crippen LogP contribution is -2.38. The van der Waals surface area contributed by atoms with E-state index in [0.29, 0.717) is 30.8 Å². The fraction of sp³-hybridized carbons (Fsp3) is 0.400. The van der Waals surface area contributed by atoms with E-state index in [2.05, 4.69) is 19.9 Å². The predicted molar refractivity (Wildman–Crippen MR) is 85.7 cm³/mol. The molecule has 3 heterocycles. The number of H-pyrrole nitrogens is 1. The first-order valence-corrected chi connectivity index (χ1v) is 7.61. The number of Topliss-reactive ketones (excluding diaryl/α,β-unsaturated/α-hetero) is 1. The first kappa shape index (κ1) is 16.0. The number of halogens is 1. The summed E-state index contributed by atoms with van der Waals surface area (Å²) in [6, 6.07) is 0. The lowest BCUT2D eigenvalue weighted by atomic mass is 10.1. The van der Waals surface area contributed by atoms with Crippen LogP contribution in [0.15, 0.2) is 23.4 Å². The molecular weight excluding hydrogens is 315 g/mol. The summed E-state index contributed by atoms with van der Waals surface area (Å²) in [4.78, 5) is 39.8. The van der Waals surface area contributed by atoms with Gasteiger partial charge in [-0.25, -0.2) is 19.2 Å². The topological polar surface area (TPSA) is 118 Å². The second-order valence-corrected chi connectivity index (χ2v) is 5.63. The number of hydrogen-bond donors (Lipinski definition) is 2. The summed E-state index contributed by atoms with van der Waals surface area (Å²) in [7, 11) is 0. The van der Waals surface area contributed by atoms with Crippen molar-refractivity contribution in [1.29, 1.82) is 0 Å². The zero-order valence-corrected chi connectivity index (χ0v) is 12.9. The molecule has 0 spiro atoms. The molecule has 2 aromatic rings. The van der Waals surface area contributed by atoms with Crippen LogP contribution in [0.3, 0.4) is 0 Å². The Morgan fingerprint density at radius 2 is 2.17 bits per heavy atom. The molecule has 0 saturated carbocycles. The Balaban J connectivity index is 1.90. The van der Waals surface area contributed by atoms with Crippen LogP contribution >= 0.6 is 0 Å². The van der Waals surface area contributed by atoms with E-state index in [1.165, 1.54) is 18.6 Å². The molecule has 8 nitrogen and oxygen atoms in total. The largest absolute Gasteiger partial charge is 0.382 e. The quantitative estimate of drug-likeness (QED) is 0.783. The third kappa shape index (κ3) is 3.39. The number of nitrogens with one attached hydrogen (secondary N) is 1. The summed E-state index contributed by atoms with van der Waals surface area (Å²) >= 11 is 0. The van der Waals surface area contributed by atoms with Crippen molar-refractivity contribution >= 4 is 17.3 Å². The van der Waals surface area contributed by atoms with Gasteiger partial charge in [0.25, 0.3) is 0 Å². The van der Waals surface area contributed by atoms with Crippen LogP contribution in [-0.2, 0) is 6.42 Å². The first-order valence-electron chi connectivity index (χ1n) is 7.61. The Kier molecular flexibility index (Phi) is 4.50. The number of hydrogen-bond acceptors (Lipinski definition) is 7. The molecule has 0 radical (unpaired) electrons. The number of rotatable bonds is 4. The number of nitrogen functional groups attached to an aromatic ring is 1. The van der Waals surface area contributed by atoms with E-state index in [-0.39, 0.29) is 30.3 Å². The van der Waals surface area contributed by atoms with Crippen molar-refractivity contribution in [1.82, 2.24) is 19.9 Å². The van der Waals surface area contributed by atoms with Crippen molar-refractivity contribution in [3.63, 3.8) is 0 Å². The number of carbonyl (C=O) groups excluding carboxylic acids is 1. The van der Waals surface area contributed by atoms with Gasteiger partial charge in [-0.3, -0.25) is 4.79 Å². The molecule has 3 rings (SSSR count). The van der Waals surface area contributed by atoms with E-state index in [1.807, 2.05) is 0 Å². The number of anilines is 2. The number of alkyl halides is 1. The van der Waals surface area contributed by atoms with Crippen LogP contribution in [0.2, 0.25) is 0 Å². The molecule has 1 atom stereocenters. The van der Waals surface area contributed by atoms with Gasteiger partial charge < -0.3 is 15.6 Å². The summed E-state index contributed by atoms with van der Waals surface area (Å²) in [5, 5.41) is 0. The smallest absolute Gasteiger partial charge is 0.345 e. The van der Waals surface area contributed by atoms with Gasteiger partial charge in [0.1, 0.15) is 11.9 Å². The second kappa shape index (κ2) is 6.73. The summed E-state index contributed by atoms with van der Waals surface area (Å²) in [5.74, 6) is -0.347. The molecular formula is C15H17FN6O2. The van der Waals surface area contributed by atoms with Gasteiger partial charge in [-0.05, 0) is 12.8 Å². The molecule has 0 amide bonds. The van der Waals surface area contributed by atoms with E-state index in [9.17, 15) is 14.0 Å². The highest BCUT2D eigenvalue weighted by Gasteiger charge is 2.23. The van der Waals surface area contributed by atoms with E-state index in [0.717, 1.165) is 0 Å². The zero-order valence-electron chi connectivity index (χ0n) is 12.9. The van der Waals surface area contributed by atoms with Gasteiger partial charge in [0.05, 0.1) is 24.0 Å². The Bertz CT molecular complexity index is 809. The molecule has 1 saturated heterocycles. The Hall–Kier alpha value is -2.84. The lowest BCUT2D eigenvalue weighted by molar-refractivity contribution is 0.0988. The van der Waals surface area contributed by atoms with Gasteiger partial charge in [0.2, 0.25) is 0 Å². The van der Waals surface area contributed by atoms with Gasteiger partial charge >= 0.3 is 5.69 Å². The zero-order chi connectivity index (χ0) is 17.1. The van der Waals surface area contributed by atoms with Crippen LogP contribution < -0.4 is 16.3 Å². The van der Waals surface area contributed by atoms with E-state index in [1.54, 1.807) is 4.90 Å². The number of carbonyl (C=O) groups is 1. The number of aromatic amines is 1. The van der Waals surface area contributed by atoms with Crippen molar-refractivity contribution in [2.75, 3.05) is 23.7 Å². The van der Waals surface area contributed by atoms with Crippen LogP contribution in [0.4, 0.5) is 15.9 Å². The molecule has 3 N–H and O–H groups in total. The van der Waals surface area contributed by atoms with Gasteiger partial charge in [-0.1, -0.05) is 0 Å². The molecule has 0 aliphatic carbocycles. The minimum atomic E-state index is -0.940. The Morgan fingerprint density at radius 1 is 1.38 bits per heavy atom. The van der Waals surface area contributed by atoms with E-state index in [4.69, 9.17) is 5.73 Å². The molecule has 0 aromatic carbocycles. The van der Waals surface area contributed by atoms with E-state index < -0.39 is 11.9 Å². The average molecular weight is 332 g/mol. The SMILES string of the molecule is Nc1nccnc1C(=O)Cc1[nH]c(=O)ncc1N1CCCC(F)C1. The van der Waals surface area contributed by atoms with Crippen LogP contribution in [0.1, 0.15) is 29.0 Å². The number of nitrogens with two attached hydrogens (primary N) is 1. The van der Waals surface area contributed by atoms with Gasteiger partial charge in [-0.2, -0.15) is 4.98 Å². The highest BCUT2D eigenvalue weighted by atomic mass is 19.1. The third-order valence-corrected chi connectivity index (χ3v) is 3.90. The van der Waals surface area contributed by atoms with Crippen molar-refractivity contribution in [2.24, 2.45) is 0 Å². The van der Waals surface area contributed by atoms with Crippen molar-refractivity contribution < 1.29 is 9.18 Å². The van der Waals surface area contributed by atoms with Crippen molar-refractivity contribution in [3.05, 3.63) is 40.5 Å². The van der Waals surface area contributed by atoms with Crippen molar-refractivity contribution in [3.8, 4) is 0 Å². The molecule has 1 aliphatic heterocycles. The van der Waals surface area contributed by atoms with Crippen LogP contribution in [-0.4, -0.2) is 45.0 Å². The second-order valence-electron chi connectivity index (χ2n) is 5.63. The van der Waals surface area contributed by atoms with Gasteiger partial charge in [0, 0.05) is 25.5 Å². The number of piperidine rings is 1. The first-order chi connectivity index (χ1) is 11.5. The fourth-order valence-electron chi connectivity index (χ4n) is 2.78. The standard InChI is InChI=1S/C15H17FN6O2/c16-9-2-1-5-22(8-9)11-7-20-15(24)21-10(11)6-12(23)13-14(17)19-4-3-18-13/h3-4,7,9H,1-2,5-6,8H2,(H2,17,19)(H,20,21,24). The fourth-order valence-corrected chi connectivity index (χ4v) is 2.78. The maximum absolute atomic E-state index is 13.7. The predicted octanol–water partition coefficient (Wildman–Crippen LogP) is 0.506. The molecule has 1 fully saturated rings. The normalized spacial score (nSPS) is 17.7. The monoisotopic (exact) mass is 332 g/mol. The molecule has 9 heteroatoms. The Morgan fingerprint density at radius 3 is 2.92 bits per heavy atom. The van der Waals surface area contributed by atoms with Crippen LogP contribution in [0.25, 0.3) is 0 Å². The maximum Gasteiger partial charge on any atom is 0.345 e. The van der Waals surface area contributed by atoms with Crippen LogP contribution in [0, 0.1) is 0 Å². The minimum absolute atomic E-state index is 0.0299. The molecule has 1 unspecified atom stereocenters. The van der Waals surface area contributed by atoms with Crippen molar-refractivity contribution in [2.45, 2.75) is 25.4 Å². The Labute approximate surface area is 137 Å². The lowest BCUT2D eigenvalue weighted by Gasteiger charge is -2.31. The minimum Gasteiger partial charge on any atom is -0.382 e. The molecule has 0 bridgehead atoms. The summed E-state index contributed by atoms with van der Waals surface area (Å²) in [6.45, 7) is 0.852. The van der Waals surface area contributed by atoms with Crippen LogP contribution in [0.5, 0.6) is 0 Å². The summed E-state index contributed by atoms with van der Waals surface area (Å²) in [6.07, 6.45) is 4.29. The highest BCUT2D eigenvalue weighted by molar-refractivity contribution is 5.99. The third-order valence-electron chi connectivity index (χ3n) is 3.90. The highest BCUT2D eigenvalue weighted by Crippen LogP contribution is 2.23.